The number of halogens is 3. The summed E-state index contributed by atoms with van der Waals surface area (Å²) in [5.74, 6) is -1.09. The molecule has 0 aliphatic heterocycles. The first kappa shape index (κ1) is 13.8. The highest BCUT2D eigenvalue weighted by Crippen LogP contribution is 2.26. The number of anilines is 2. The van der Waals surface area contributed by atoms with Crippen molar-refractivity contribution in [1.29, 1.82) is 0 Å². The second-order valence-corrected chi connectivity index (χ2v) is 5.14. The van der Waals surface area contributed by atoms with Gasteiger partial charge in [-0.25, -0.2) is 4.39 Å². The molecule has 0 heterocycles. The van der Waals surface area contributed by atoms with Crippen LogP contribution in [0.3, 0.4) is 0 Å². The average molecular weight is 344 g/mol. The molecule has 2 aromatic carbocycles. The zero-order valence-corrected chi connectivity index (χ0v) is 11.9. The van der Waals surface area contributed by atoms with Crippen molar-refractivity contribution in [2.24, 2.45) is 0 Å². The molecule has 2 aromatic rings. The largest absolute Gasteiger partial charge is 0.396 e. The van der Waals surface area contributed by atoms with Gasteiger partial charge in [0.05, 0.1) is 16.4 Å². The van der Waals surface area contributed by atoms with Gasteiger partial charge in [-0.15, -0.1) is 0 Å². The van der Waals surface area contributed by atoms with E-state index in [9.17, 15) is 9.18 Å². The van der Waals surface area contributed by atoms with Gasteiger partial charge in [-0.3, -0.25) is 4.79 Å². The van der Waals surface area contributed by atoms with Gasteiger partial charge < -0.3 is 11.1 Å². The van der Waals surface area contributed by atoms with Crippen molar-refractivity contribution >= 4 is 44.8 Å². The standard InChI is InChI=1S/C13H9BrClFN2O/c14-8-2-4-12(9(15)6-8)18-13(19)7-1-3-11(17)10(16)5-7/h1-6H,17H2,(H,18,19). The Labute approximate surface area is 122 Å². The molecule has 2 rings (SSSR count). The molecule has 0 aliphatic carbocycles. The predicted octanol–water partition coefficient (Wildman–Crippen LogP) is 4.08. The molecule has 1 amide bonds. The lowest BCUT2D eigenvalue weighted by Gasteiger charge is -2.08. The summed E-state index contributed by atoms with van der Waals surface area (Å²) >= 11 is 9.24. The molecule has 3 nitrogen and oxygen atoms in total. The first-order valence-corrected chi connectivity index (χ1v) is 6.46. The first-order chi connectivity index (χ1) is 8.97. The van der Waals surface area contributed by atoms with E-state index in [4.69, 9.17) is 17.3 Å². The number of carbonyl (C=O) groups excluding carboxylic acids is 1. The number of benzene rings is 2. The van der Waals surface area contributed by atoms with Crippen LogP contribution >= 0.6 is 27.5 Å². The Kier molecular flexibility index (Phi) is 4.07. The maximum absolute atomic E-state index is 13.3. The molecule has 0 saturated carbocycles. The summed E-state index contributed by atoms with van der Waals surface area (Å²) in [4.78, 5) is 11.9. The van der Waals surface area contributed by atoms with Crippen molar-refractivity contribution in [3.05, 3.63) is 57.3 Å². The molecule has 0 radical (unpaired) electrons. The number of rotatable bonds is 2. The molecule has 19 heavy (non-hydrogen) atoms. The van der Waals surface area contributed by atoms with Crippen molar-refractivity contribution in [3.8, 4) is 0 Å². The molecule has 0 saturated heterocycles. The van der Waals surface area contributed by atoms with E-state index in [1.54, 1.807) is 18.2 Å². The summed E-state index contributed by atoms with van der Waals surface area (Å²) in [6, 6.07) is 8.91. The molecule has 6 heteroatoms. The zero-order chi connectivity index (χ0) is 14.0. The van der Waals surface area contributed by atoms with Crippen LogP contribution in [0.15, 0.2) is 40.9 Å². The average Bonchev–Trinajstić information content (AvgIpc) is 2.36. The van der Waals surface area contributed by atoms with E-state index in [0.29, 0.717) is 10.7 Å². The third-order valence-electron chi connectivity index (χ3n) is 2.44. The van der Waals surface area contributed by atoms with Crippen LogP contribution in [0.1, 0.15) is 10.4 Å². The summed E-state index contributed by atoms with van der Waals surface area (Å²) < 4.78 is 14.1. The highest BCUT2D eigenvalue weighted by atomic mass is 79.9. The maximum atomic E-state index is 13.3. The molecule has 0 spiro atoms. The van der Waals surface area contributed by atoms with Crippen LogP contribution in [0.2, 0.25) is 5.02 Å². The van der Waals surface area contributed by atoms with E-state index < -0.39 is 11.7 Å². The molecule has 98 valence electrons. The summed E-state index contributed by atoms with van der Waals surface area (Å²) in [5, 5.41) is 2.99. The zero-order valence-electron chi connectivity index (χ0n) is 9.58. The van der Waals surface area contributed by atoms with Gasteiger partial charge in [0, 0.05) is 10.0 Å². The minimum atomic E-state index is -0.630. The quantitative estimate of drug-likeness (QED) is 0.807. The fraction of sp³-hybridized carbons (Fsp3) is 0. The topological polar surface area (TPSA) is 55.1 Å². The van der Waals surface area contributed by atoms with Crippen molar-refractivity contribution in [3.63, 3.8) is 0 Å². The van der Waals surface area contributed by atoms with Crippen molar-refractivity contribution in [2.75, 3.05) is 11.1 Å². The molecular formula is C13H9BrClFN2O. The van der Waals surface area contributed by atoms with Crippen LogP contribution < -0.4 is 11.1 Å². The summed E-state index contributed by atoms with van der Waals surface area (Å²) in [5.41, 5.74) is 5.97. The van der Waals surface area contributed by atoms with Crippen LogP contribution in [0, 0.1) is 5.82 Å². The van der Waals surface area contributed by atoms with Gasteiger partial charge in [0.1, 0.15) is 5.82 Å². The number of nitrogen functional groups attached to an aromatic ring is 1. The maximum Gasteiger partial charge on any atom is 0.255 e. The number of carbonyl (C=O) groups is 1. The van der Waals surface area contributed by atoms with Crippen molar-refractivity contribution < 1.29 is 9.18 Å². The second kappa shape index (κ2) is 5.59. The van der Waals surface area contributed by atoms with Gasteiger partial charge in [0.25, 0.3) is 5.91 Å². The number of amides is 1. The summed E-state index contributed by atoms with van der Waals surface area (Å²) in [6.07, 6.45) is 0. The SMILES string of the molecule is Nc1ccc(C(=O)Nc2ccc(Br)cc2Cl)cc1F. The lowest BCUT2D eigenvalue weighted by Crippen LogP contribution is -2.12. The van der Waals surface area contributed by atoms with E-state index in [2.05, 4.69) is 21.2 Å². The predicted molar refractivity (Wildman–Crippen MR) is 77.9 cm³/mol. The van der Waals surface area contributed by atoms with Crippen molar-refractivity contribution in [2.45, 2.75) is 0 Å². The summed E-state index contributed by atoms with van der Waals surface area (Å²) in [6.45, 7) is 0. The molecular weight excluding hydrogens is 335 g/mol. The van der Waals surface area contributed by atoms with Gasteiger partial charge in [0.2, 0.25) is 0 Å². The van der Waals surface area contributed by atoms with Gasteiger partial charge in [-0.2, -0.15) is 0 Å². The van der Waals surface area contributed by atoms with Crippen LogP contribution in [-0.4, -0.2) is 5.91 Å². The number of hydrogen-bond donors (Lipinski definition) is 2. The Balaban J connectivity index is 2.23. The lowest BCUT2D eigenvalue weighted by atomic mass is 10.2. The highest BCUT2D eigenvalue weighted by Gasteiger charge is 2.10. The van der Waals surface area contributed by atoms with Gasteiger partial charge in [-0.1, -0.05) is 27.5 Å². The van der Waals surface area contributed by atoms with Crippen LogP contribution in [0.25, 0.3) is 0 Å². The van der Waals surface area contributed by atoms with Crippen LogP contribution in [0.4, 0.5) is 15.8 Å². The fourth-order valence-corrected chi connectivity index (χ4v) is 2.17. The van der Waals surface area contributed by atoms with Gasteiger partial charge in [-0.05, 0) is 36.4 Å². The third kappa shape index (κ3) is 3.24. The van der Waals surface area contributed by atoms with Crippen LogP contribution in [-0.2, 0) is 0 Å². The fourth-order valence-electron chi connectivity index (χ4n) is 1.45. The third-order valence-corrected chi connectivity index (χ3v) is 3.25. The van der Waals surface area contributed by atoms with E-state index in [-0.39, 0.29) is 11.3 Å². The van der Waals surface area contributed by atoms with Crippen LogP contribution in [0.5, 0.6) is 0 Å². The molecule has 3 N–H and O–H groups in total. The van der Waals surface area contributed by atoms with Gasteiger partial charge >= 0.3 is 0 Å². The number of nitrogens with one attached hydrogen (secondary N) is 1. The van der Waals surface area contributed by atoms with Gasteiger partial charge in [0.15, 0.2) is 0 Å². The monoisotopic (exact) mass is 342 g/mol. The Bertz CT molecular complexity index is 649. The Morgan fingerprint density at radius 3 is 2.63 bits per heavy atom. The minimum Gasteiger partial charge on any atom is -0.396 e. The minimum absolute atomic E-state index is 0.00164. The normalized spacial score (nSPS) is 10.3. The van der Waals surface area contributed by atoms with E-state index >= 15 is 0 Å². The Morgan fingerprint density at radius 1 is 1.26 bits per heavy atom. The Morgan fingerprint density at radius 2 is 2.00 bits per heavy atom. The van der Waals surface area contributed by atoms with E-state index in [1.165, 1.54) is 12.1 Å². The van der Waals surface area contributed by atoms with E-state index in [0.717, 1.165) is 10.5 Å². The number of hydrogen-bond acceptors (Lipinski definition) is 2. The molecule has 0 bridgehead atoms. The molecule has 0 unspecified atom stereocenters. The highest BCUT2D eigenvalue weighted by molar-refractivity contribution is 9.10. The number of nitrogens with two attached hydrogens (primary N) is 1. The van der Waals surface area contributed by atoms with E-state index in [1.807, 2.05) is 0 Å². The molecule has 0 fully saturated rings. The van der Waals surface area contributed by atoms with Crippen molar-refractivity contribution in [1.82, 2.24) is 0 Å². The first-order valence-electron chi connectivity index (χ1n) is 5.29. The smallest absolute Gasteiger partial charge is 0.255 e. The molecule has 0 atom stereocenters. The molecule has 0 aromatic heterocycles. The second-order valence-electron chi connectivity index (χ2n) is 3.81. The Hall–Kier alpha value is -1.59. The summed E-state index contributed by atoms with van der Waals surface area (Å²) in [7, 11) is 0. The molecule has 0 aliphatic rings. The lowest BCUT2D eigenvalue weighted by molar-refractivity contribution is 0.102.